The third-order valence-corrected chi connectivity index (χ3v) is 1.59. The molecule has 4 nitrogen and oxygen atoms in total. The van der Waals surface area contributed by atoms with E-state index in [1.54, 1.807) is 18.2 Å². The standard InChI is InChI=1S/C9H10O4/c1-12-9-4-7(5-10)2-3-8(9)13-6-11/h2-4,6,10H,5H2,1H3. The lowest BCUT2D eigenvalue weighted by molar-refractivity contribution is -0.120. The molecule has 0 saturated heterocycles. The van der Waals surface area contributed by atoms with E-state index in [9.17, 15) is 4.79 Å². The summed E-state index contributed by atoms with van der Waals surface area (Å²) in [6, 6.07) is 4.83. The van der Waals surface area contributed by atoms with Crippen LogP contribution in [-0.4, -0.2) is 18.7 Å². The van der Waals surface area contributed by atoms with Gasteiger partial charge in [-0.3, -0.25) is 4.79 Å². The van der Waals surface area contributed by atoms with Gasteiger partial charge in [0.1, 0.15) is 0 Å². The Hall–Kier alpha value is -1.55. The van der Waals surface area contributed by atoms with Gasteiger partial charge in [-0.1, -0.05) is 6.07 Å². The molecule has 0 unspecified atom stereocenters. The zero-order chi connectivity index (χ0) is 9.68. The van der Waals surface area contributed by atoms with Gasteiger partial charge >= 0.3 is 0 Å². The first-order chi connectivity index (χ1) is 6.31. The quantitative estimate of drug-likeness (QED) is 0.697. The molecule has 0 amide bonds. The monoisotopic (exact) mass is 182 g/mol. The molecule has 70 valence electrons. The maximum Gasteiger partial charge on any atom is 0.298 e. The first kappa shape index (κ1) is 9.54. The molecule has 0 aliphatic heterocycles. The highest BCUT2D eigenvalue weighted by Crippen LogP contribution is 2.27. The van der Waals surface area contributed by atoms with Crippen molar-refractivity contribution in [1.82, 2.24) is 0 Å². The summed E-state index contributed by atoms with van der Waals surface area (Å²) in [4.78, 5) is 10.1. The van der Waals surface area contributed by atoms with E-state index in [4.69, 9.17) is 9.84 Å². The summed E-state index contributed by atoms with van der Waals surface area (Å²) >= 11 is 0. The number of carbonyl (C=O) groups is 1. The molecule has 0 radical (unpaired) electrons. The van der Waals surface area contributed by atoms with Crippen LogP contribution in [0, 0.1) is 0 Å². The molecule has 0 aliphatic carbocycles. The average Bonchev–Trinajstić information content (AvgIpc) is 2.19. The number of carbonyl (C=O) groups excluding carboxylic acids is 1. The van der Waals surface area contributed by atoms with Crippen molar-refractivity contribution in [1.29, 1.82) is 0 Å². The van der Waals surface area contributed by atoms with Crippen LogP contribution < -0.4 is 9.47 Å². The Balaban J connectivity index is 3.00. The summed E-state index contributed by atoms with van der Waals surface area (Å²) in [5, 5.41) is 8.81. The molecule has 13 heavy (non-hydrogen) atoms. The second-order valence-electron chi connectivity index (χ2n) is 2.36. The van der Waals surface area contributed by atoms with Crippen LogP contribution >= 0.6 is 0 Å². The number of benzene rings is 1. The number of hydrogen-bond acceptors (Lipinski definition) is 4. The van der Waals surface area contributed by atoms with Gasteiger partial charge in [0.25, 0.3) is 6.47 Å². The number of aliphatic hydroxyl groups is 1. The van der Waals surface area contributed by atoms with Gasteiger partial charge in [-0.2, -0.15) is 0 Å². The Morgan fingerprint density at radius 1 is 1.46 bits per heavy atom. The van der Waals surface area contributed by atoms with E-state index in [1.165, 1.54) is 7.11 Å². The van der Waals surface area contributed by atoms with Gasteiger partial charge < -0.3 is 14.6 Å². The summed E-state index contributed by atoms with van der Waals surface area (Å²) in [7, 11) is 1.47. The summed E-state index contributed by atoms with van der Waals surface area (Å²) in [5.74, 6) is 0.772. The second-order valence-corrected chi connectivity index (χ2v) is 2.36. The molecule has 0 saturated carbocycles. The lowest BCUT2D eigenvalue weighted by Gasteiger charge is -2.06. The predicted molar refractivity (Wildman–Crippen MR) is 45.6 cm³/mol. The fourth-order valence-electron chi connectivity index (χ4n) is 0.960. The van der Waals surface area contributed by atoms with Gasteiger partial charge in [0, 0.05) is 0 Å². The van der Waals surface area contributed by atoms with Crippen LogP contribution in [0.3, 0.4) is 0 Å². The Kier molecular flexibility index (Phi) is 3.28. The van der Waals surface area contributed by atoms with Gasteiger partial charge in [-0.05, 0) is 17.7 Å². The zero-order valence-corrected chi connectivity index (χ0v) is 7.19. The van der Waals surface area contributed by atoms with Gasteiger partial charge in [0.05, 0.1) is 13.7 Å². The number of hydrogen-bond donors (Lipinski definition) is 1. The Morgan fingerprint density at radius 3 is 2.77 bits per heavy atom. The van der Waals surface area contributed by atoms with Crippen molar-refractivity contribution in [2.75, 3.05) is 7.11 Å². The predicted octanol–water partition coefficient (Wildman–Crippen LogP) is 0.723. The third-order valence-electron chi connectivity index (χ3n) is 1.59. The van der Waals surface area contributed by atoms with E-state index in [0.717, 1.165) is 0 Å². The highest BCUT2D eigenvalue weighted by Gasteiger charge is 2.04. The van der Waals surface area contributed by atoms with Crippen LogP contribution in [0.25, 0.3) is 0 Å². The fraction of sp³-hybridized carbons (Fsp3) is 0.222. The fourth-order valence-corrected chi connectivity index (χ4v) is 0.960. The third kappa shape index (κ3) is 2.19. The summed E-state index contributed by atoms with van der Waals surface area (Å²) in [6.45, 7) is 0.258. The van der Waals surface area contributed by atoms with Gasteiger partial charge in [-0.25, -0.2) is 0 Å². The van der Waals surface area contributed by atoms with Gasteiger partial charge in [0.15, 0.2) is 11.5 Å². The maximum absolute atomic E-state index is 10.1. The first-order valence-corrected chi connectivity index (χ1v) is 3.70. The van der Waals surface area contributed by atoms with Gasteiger partial charge in [-0.15, -0.1) is 0 Å². The normalized spacial score (nSPS) is 9.38. The van der Waals surface area contributed by atoms with Crippen LogP contribution in [0.5, 0.6) is 11.5 Å². The molecule has 1 N–H and O–H groups in total. The van der Waals surface area contributed by atoms with Crippen molar-refractivity contribution < 1.29 is 19.4 Å². The molecule has 0 aromatic heterocycles. The smallest absolute Gasteiger partial charge is 0.298 e. The number of aliphatic hydroxyl groups excluding tert-OH is 1. The van der Waals surface area contributed by atoms with Crippen LogP contribution in [0.2, 0.25) is 0 Å². The van der Waals surface area contributed by atoms with E-state index < -0.39 is 0 Å². The van der Waals surface area contributed by atoms with Crippen molar-refractivity contribution in [3.63, 3.8) is 0 Å². The Labute approximate surface area is 75.7 Å². The molecule has 1 aromatic rings. The number of methoxy groups -OCH3 is 1. The van der Waals surface area contributed by atoms with Crippen molar-refractivity contribution >= 4 is 6.47 Å². The minimum atomic E-state index is -0.0717. The molecule has 1 rings (SSSR count). The van der Waals surface area contributed by atoms with Crippen molar-refractivity contribution in [3.8, 4) is 11.5 Å². The zero-order valence-electron chi connectivity index (χ0n) is 7.19. The minimum Gasteiger partial charge on any atom is -0.493 e. The highest BCUT2D eigenvalue weighted by molar-refractivity contribution is 5.51. The molecule has 0 heterocycles. The topological polar surface area (TPSA) is 55.8 Å². The molecule has 0 atom stereocenters. The Morgan fingerprint density at radius 2 is 2.23 bits per heavy atom. The second kappa shape index (κ2) is 4.47. The highest BCUT2D eigenvalue weighted by atomic mass is 16.5. The van der Waals surface area contributed by atoms with E-state index in [-0.39, 0.29) is 6.61 Å². The molecule has 4 heteroatoms. The summed E-state index contributed by atoms with van der Waals surface area (Å²) in [6.07, 6.45) is 0. The molecular formula is C9H10O4. The maximum atomic E-state index is 10.1. The van der Waals surface area contributed by atoms with Crippen LogP contribution in [0.4, 0.5) is 0 Å². The number of ether oxygens (including phenoxy) is 2. The molecule has 0 bridgehead atoms. The molecule has 0 fully saturated rings. The number of rotatable bonds is 4. The lowest BCUT2D eigenvalue weighted by atomic mass is 10.2. The average molecular weight is 182 g/mol. The summed E-state index contributed by atoms with van der Waals surface area (Å²) < 4.78 is 9.59. The largest absolute Gasteiger partial charge is 0.493 e. The minimum absolute atomic E-state index is 0.0717. The SMILES string of the molecule is COc1cc(CO)ccc1OC=O. The van der Waals surface area contributed by atoms with Crippen molar-refractivity contribution in [3.05, 3.63) is 23.8 Å². The van der Waals surface area contributed by atoms with Crippen LogP contribution in [0.15, 0.2) is 18.2 Å². The first-order valence-electron chi connectivity index (χ1n) is 3.70. The van der Waals surface area contributed by atoms with Crippen molar-refractivity contribution in [2.24, 2.45) is 0 Å². The van der Waals surface area contributed by atoms with Crippen LogP contribution in [-0.2, 0) is 11.4 Å². The summed E-state index contributed by atoms with van der Waals surface area (Å²) in [5.41, 5.74) is 0.704. The molecule has 1 aromatic carbocycles. The Bertz CT molecular complexity index is 296. The van der Waals surface area contributed by atoms with E-state index in [1.807, 2.05) is 0 Å². The molecular weight excluding hydrogens is 172 g/mol. The van der Waals surface area contributed by atoms with Crippen molar-refractivity contribution in [2.45, 2.75) is 6.61 Å². The van der Waals surface area contributed by atoms with E-state index >= 15 is 0 Å². The lowest BCUT2D eigenvalue weighted by Crippen LogP contribution is -1.94. The van der Waals surface area contributed by atoms with Crippen LogP contribution in [0.1, 0.15) is 5.56 Å². The molecule has 0 spiro atoms. The van der Waals surface area contributed by atoms with Gasteiger partial charge in [0.2, 0.25) is 0 Å². The van der Waals surface area contributed by atoms with E-state index in [0.29, 0.717) is 23.5 Å². The molecule has 0 aliphatic rings. The van der Waals surface area contributed by atoms with E-state index in [2.05, 4.69) is 4.74 Å².